The van der Waals surface area contributed by atoms with E-state index in [1.807, 2.05) is 0 Å². The van der Waals surface area contributed by atoms with E-state index in [9.17, 15) is 14.4 Å². The van der Waals surface area contributed by atoms with Gasteiger partial charge in [0.05, 0.1) is 0 Å². The van der Waals surface area contributed by atoms with E-state index in [4.69, 9.17) is 14.2 Å². The van der Waals surface area contributed by atoms with Gasteiger partial charge in [0, 0.05) is 19.3 Å². The lowest BCUT2D eigenvalue weighted by atomic mass is 10.0. The molecule has 6 heteroatoms. The zero-order valence-corrected chi connectivity index (χ0v) is 52.8. The molecule has 0 N–H and O–H groups in total. The normalized spacial score (nSPS) is 13.0. The number of allylic oxidation sites excluding steroid dienone is 22. The van der Waals surface area contributed by atoms with Crippen molar-refractivity contribution < 1.29 is 28.6 Å². The topological polar surface area (TPSA) is 78.9 Å². The van der Waals surface area contributed by atoms with E-state index in [1.165, 1.54) is 141 Å². The zero-order valence-electron chi connectivity index (χ0n) is 52.8. The zero-order chi connectivity index (χ0) is 58.5. The number of ether oxygens (including phenoxy) is 3. The molecule has 0 amide bonds. The molecular weight excluding hydrogens is 997 g/mol. The summed E-state index contributed by atoms with van der Waals surface area (Å²) in [4.78, 5) is 38.4. The van der Waals surface area contributed by atoms with E-state index < -0.39 is 6.10 Å². The van der Waals surface area contributed by atoms with Crippen molar-refractivity contribution in [3.05, 3.63) is 134 Å². The lowest BCUT2D eigenvalue weighted by molar-refractivity contribution is -0.167. The first-order valence-electron chi connectivity index (χ1n) is 33.7. The first-order valence-corrected chi connectivity index (χ1v) is 33.7. The van der Waals surface area contributed by atoms with Crippen LogP contribution >= 0.6 is 0 Å². The minimum absolute atomic E-state index is 0.0986. The molecule has 0 saturated carbocycles. The molecule has 0 radical (unpaired) electrons. The van der Waals surface area contributed by atoms with Gasteiger partial charge in [-0.1, -0.05) is 309 Å². The standard InChI is InChI=1S/C75H124O6/c1-4-7-10-13-16-19-22-25-28-31-33-35-37-39-41-44-47-50-53-56-59-62-65-68-74(77)80-71-72(70-79-73(76)67-64-61-58-55-52-49-46-43-30-27-24-21-18-15-12-9-6-3)81-75(78)69-66-63-60-57-54-51-48-45-42-40-38-36-34-32-29-26-23-20-17-14-11-8-5-2/h7-8,10-11,16-17,19-20,25-26,28-29,33-36,39,41,47,50,56,59,72H,4-6,9,12-15,18,21-24,27,30-32,37-38,40,42-46,48-49,51-55,57-58,60-71H2,1-3H3/b10-7-,11-8-,19-16-,20-17-,28-25-,29-26-,35-33-,36-34-,41-39-,50-47-,59-56-. The van der Waals surface area contributed by atoms with E-state index >= 15 is 0 Å². The predicted molar refractivity (Wildman–Crippen MR) is 353 cm³/mol. The summed E-state index contributed by atoms with van der Waals surface area (Å²) < 4.78 is 16.9. The van der Waals surface area contributed by atoms with Crippen molar-refractivity contribution >= 4 is 17.9 Å². The molecule has 81 heavy (non-hydrogen) atoms. The summed E-state index contributed by atoms with van der Waals surface area (Å²) in [5.41, 5.74) is 0. The Morgan fingerprint density at radius 3 is 0.802 bits per heavy atom. The molecule has 0 heterocycles. The number of esters is 3. The van der Waals surface area contributed by atoms with Gasteiger partial charge in [0.15, 0.2) is 6.10 Å². The number of rotatable bonds is 60. The molecule has 0 bridgehead atoms. The van der Waals surface area contributed by atoms with Crippen LogP contribution in [0.4, 0.5) is 0 Å². The maximum atomic E-state index is 13.0. The average molecular weight is 1120 g/mol. The molecule has 0 rings (SSSR count). The third kappa shape index (κ3) is 66.2. The van der Waals surface area contributed by atoms with Crippen LogP contribution in [-0.2, 0) is 28.6 Å². The highest BCUT2D eigenvalue weighted by atomic mass is 16.6. The van der Waals surface area contributed by atoms with Crippen LogP contribution < -0.4 is 0 Å². The fourth-order valence-electron chi connectivity index (χ4n) is 9.19. The monoisotopic (exact) mass is 1120 g/mol. The summed E-state index contributed by atoms with van der Waals surface area (Å²) in [6, 6.07) is 0. The molecule has 0 aromatic carbocycles. The highest BCUT2D eigenvalue weighted by Crippen LogP contribution is 2.16. The highest BCUT2D eigenvalue weighted by molar-refractivity contribution is 5.71. The number of unbranched alkanes of at least 4 members (excludes halogenated alkanes) is 27. The van der Waals surface area contributed by atoms with E-state index in [1.54, 1.807) is 0 Å². The van der Waals surface area contributed by atoms with Crippen LogP contribution in [0.1, 0.15) is 303 Å². The Morgan fingerprint density at radius 1 is 0.259 bits per heavy atom. The molecule has 0 aliphatic heterocycles. The molecule has 0 fully saturated rings. The van der Waals surface area contributed by atoms with Gasteiger partial charge in [-0.15, -0.1) is 0 Å². The van der Waals surface area contributed by atoms with Crippen molar-refractivity contribution in [1.82, 2.24) is 0 Å². The van der Waals surface area contributed by atoms with Crippen LogP contribution in [0.2, 0.25) is 0 Å². The Hall–Kier alpha value is -4.45. The van der Waals surface area contributed by atoms with Crippen LogP contribution in [0.5, 0.6) is 0 Å². The molecule has 460 valence electrons. The summed E-state index contributed by atoms with van der Waals surface area (Å²) in [7, 11) is 0. The van der Waals surface area contributed by atoms with Gasteiger partial charge < -0.3 is 14.2 Å². The van der Waals surface area contributed by atoms with Gasteiger partial charge in [0.2, 0.25) is 0 Å². The summed E-state index contributed by atoms with van der Waals surface area (Å²) in [5, 5.41) is 0. The number of hydrogen-bond donors (Lipinski definition) is 0. The minimum Gasteiger partial charge on any atom is -0.462 e. The molecule has 0 aliphatic carbocycles. The molecule has 1 atom stereocenters. The Bertz CT molecular complexity index is 1720. The van der Waals surface area contributed by atoms with Crippen molar-refractivity contribution in [3.63, 3.8) is 0 Å². The van der Waals surface area contributed by atoms with E-state index in [2.05, 4.69) is 154 Å². The molecule has 0 aromatic rings. The quantitative estimate of drug-likeness (QED) is 0.0261. The van der Waals surface area contributed by atoms with Gasteiger partial charge in [-0.05, 0) is 109 Å². The number of carbonyl (C=O) groups excluding carboxylic acids is 3. The minimum atomic E-state index is -0.809. The largest absolute Gasteiger partial charge is 0.462 e. The molecular formula is C75H124O6. The Kier molecular flexibility index (Phi) is 64.3. The van der Waals surface area contributed by atoms with Crippen LogP contribution in [-0.4, -0.2) is 37.2 Å². The number of carbonyl (C=O) groups is 3. The van der Waals surface area contributed by atoms with Gasteiger partial charge in [-0.2, -0.15) is 0 Å². The van der Waals surface area contributed by atoms with Crippen LogP contribution in [0.15, 0.2) is 134 Å². The first kappa shape index (κ1) is 76.5. The highest BCUT2D eigenvalue weighted by Gasteiger charge is 2.19. The Labute approximate surface area is 500 Å². The summed E-state index contributed by atoms with van der Waals surface area (Å²) in [6.45, 7) is 6.39. The number of hydrogen-bond acceptors (Lipinski definition) is 6. The summed E-state index contributed by atoms with van der Waals surface area (Å²) >= 11 is 0. The second kappa shape index (κ2) is 68.1. The maximum Gasteiger partial charge on any atom is 0.306 e. The second-order valence-electron chi connectivity index (χ2n) is 22.0. The maximum absolute atomic E-state index is 13.0. The van der Waals surface area contributed by atoms with Crippen molar-refractivity contribution in [3.8, 4) is 0 Å². The van der Waals surface area contributed by atoms with E-state index in [0.29, 0.717) is 19.3 Å². The van der Waals surface area contributed by atoms with Crippen LogP contribution in [0, 0.1) is 0 Å². The first-order chi connectivity index (χ1) is 40.0. The van der Waals surface area contributed by atoms with E-state index in [-0.39, 0.29) is 37.5 Å². The molecule has 1 unspecified atom stereocenters. The Balaban J connectivity index is 4.48. The predicted octanol–water partition coefficient (Wildman–Crippen LogP) is 23.3. The molecule has 0 saturated heterocycles. The lowest BCUT2D eigenvalue weighted by Gasteiger charge is -2.18. The summed E-state index contributed by atoms with van der Waals surface area (Å²) in [6.07, 6.45) is 96.1. The second-order valence-corrected chi connectivity index (χ2v) is 22.0. The van der Waals surface area contributed by atoms with E-state index in [0.717, 1.165) is 116 Å². The smallest absolute Gasteiger partial charge is 0.306 e. The van der Waals surface area contributed by atoms with Gasteiger partial charge >= 0.3 is 17.9 Å². The van der Waals surface area contributed by atoms with Gasteiger partial charge in [-0.25, -0.2) is 0 Å². The lowest BCUT2D eigenvalue weighted by Crippen LogP contribution is -2.30. The molecule has 6 nitrogen and oxygen atoms in total. The van der Waals surface area contributed by atoms with Gasteiger partial charge in [0.1, 0.15) is 13.2 Å². The fourth-order valence-corrected chi connectivity index (χ4v) is 9.19. The third-order valence-corrected chi connectivity index (χ3v) is 14.2. The van der Waals surface area contributed by atoms with Crippen LogP contribution in [0.25, 0.3) is 0 Å². The molecule has 0 spiro atoms. The van der Waals surface area contributed by atoms with Crippen molar-refractivity contribution in [1.29, 1.82) is 0 Å². The van der Waals surface area contributed by atoms with Crippen molar-refractivity contribution in [2.24, 2.45) is 0 Å². The van der Waals surface area contributed by atoms with Gasteiger partial charge in [-0.3, -0.25) is 14.4 Å². The molecule has 0 aliphatic rings. The fraction of sp³-hybridized carbons (Fsp3) is 0.667. The summed E-state index contributed by atoms with van der Waals surface area (Å²) in [5.74, 6) is -0.957. The Morgan fingerprint density at radius 2 is 0.494 bits per heavy atom. The van der Waals surface area contributed by atoms with Crippen LogP contribution in [0.3, 0.4) is 0 Å². The van der Waals surface area contributed by atoms with Crippen molar-refractivity contribution in [2.45, 2.75) is 309 Å². The third-order valence-electron chi connectivity index (χ3n) is 14.2. The average Bonchev–Trinajstić information content (AvgIpc) is 3.47. The van der Waals surface area contributed by atoms with Gasteiger partial charge in [0.25, 0.3) is 0 Å². The molecule has 0 aromatic heterocycles. The van der Waals surface area contributed by atoms with Crippen molar-refractivity contribution in [2.75, 3.05) is 13.2 Å². The SMILES string of the molecule is CC/C=C\C/C=C\C/C=C\C/C=C\C/C=C\C/C=C\C/C=C\CCCC(=O)OCC(COC(=O)CCCCCCCCCCCCCCCCCCC)OC(=O)CCCCCCCCCCCC/C=C\C/C=C\C/C=C\C/C=C\CC.